The van der Waals surface area contributed by atoms with E-state index in [9.17, 15) is 4.79 Å². The van der Waals surface area contributed by atoms with Crippen molar-refractivity contribution in [2.45, 2.75) is 20.3 Å². The van der Waals surface area contributed by atoms with E-state index in [1.165, 1.54) is 7.11 Å². The van der Waals surface area contributed by atoms with Crippen LogP contribution in [0.25, 0.3) is 0 Å². The smallest absolute Gasteiger partial charge is 0.414 e. The molecule has 0 atom stereocenters. The van der Waals surface area contributed by atoms with Crippen molar-refractivity contribution >= 4 is 11.8 Å². The third-order valence-corrected chi connectivity index (χ3v) is 2.25. The molecule has 0 N–H and O–H groups in total. The van der Waals surface area contributed by atoms with E-state index in [0.29, 0.717) is 6.54 Å². The van der Waals surface area contributed by atoms with Crippen LogP contribution in [0, 0.1) is 6.92 Å². The zero-order valence-electron chi connectivity index (χ0n) is 9.49. The van der Waals surface area contributed by atoms with Crippen LogP contribution in [0.5, 0.6) is 0 Å². The Bertz CT molecular complexity index is 336. The largest absolute Gasteiger partial charge is 0.452 e. The maximum Gasteiger partial charge on any atom is 0.414 e. The molecule has 3 nitrogen and oxygen atoms in total. The summed E-state index contributed by atoms with van der Waals surface area (Å²) < 4.78 is 4.76. The molecule has 0 fully saturated rings. The highest BCUT2D eigenvalue weighted by atomic mass is 16.5. The third-order valence-electron chi connectivity index (χ3n) is 2.25. The van der Waals surface area contributed by atoms with Gasteiger partial charge >= 0.3 is 6.09 Å². The first kappa shape index (κ1) is 11.6. The average Bonchev–Trinajstić information content (AvgIpc) is 2.26. The molecule has 1 rings (SSSR count). The molecular weight excluding hydrogens is 190 g/mol. The number of anilines is 1. The van der Waals surface area contributed by atoms with E-state index in [0.717, 1.165) is 17.7 Å². The molecule has 0 heterocycles. The molecule has 0 aliphatic rings. The summed E-state index contributed by atoms with van der Waals surface area (Å²) in [5.74, 6) is 0. The number of carbonyl (C=O) groups excluding carboxylic acids is 1. The summed E-state index contributed by atoms with van der Waals surface area (Å²) in [7, 11) is 1.41. The van der Waals surface area contributed by atoms with Crippen molar-refractivity contribution in [1.82, 2.24) is 0 Å². The second-order valence-corrected chi connectivity index (χ2v) is 3.41. The number of methoxy groups -OCH3 is 1. The highest BCUT2D eigenvalue weighted by Gasteiger charge is 2.16. The van der Waals surface area contributed by atoms with Gasteiger partial charge in [-0.1, -0.05) is 25.1 Å². The van der Waals surface area contributed by atoms with Crippen molar-refractivity contribution in [2.75, 3.05) is 18.6 Å². The molecule has 1 amide bonds. The average molecular weight is 207 g/mol. The van der Waals surface area contributed by atoms with E-state index in [1.807, 2.05) is 38.1 Å². The summed E-state index contributed by atoms with van der Waals surface area (Å²) in [5, 5.41) is 0. The van der Waals surface area contributed by atoms with Crippen molar-refractivity contribution in [2.24, 2.45) is 0 Å². The molecule has 3 heteroatoms. The third kappa shape index (κ3) is 2.72. The first-order chi connectivity index (χ1) is 7.20. The lowest BCUT2D eigenvalue weighted by atomic mass is 10.2. The Kier molecular flexibility index (Phi) is 4.16. The van der Waals surface area contributed by atoms with Gasteiger partial charge < -0.3 is 4.74 Å². The molecule has 0 bridgehead atoms. The van der Waals surface area contributed by atoms with Gasteiger partial charge in [0.2, 0.25) is 0 Å². The molecule has 0 aliphatic heterocycles. The number of amides is 1. The van der Waals surface area contributed by atoms with Crippen molar-refractivity contribution in [3.05, 3.63) is 29.8 Å². The van der Waals surface area contributed by atoms with E-state index in [4.69, 9.17) is 4.74 Å². The Morgan fingerprint density at radius 1 is 1.40 bits per heavy atom. The summed E-state index contributed by atoms with van der Waals surface area (Å²) in [6.07, 6.45) is 0.606. The van der Waals surface area contributed by atoms with Gasteiger partial charge in [-0.05, 0) is 25.0 Å². The van der Waals surface area contributed by atoms with Crippen LogP contribution in [0.2, 0.25) is 0 Å². The Morgan fingerprint density at radius 3 is 2.60 bits per heavy atom. The number of rotatable bonds is 3. The lowest BCUT2D eigenvalue weighted by Crippen LogP contribution is -2.31. The van der Waals surface area contributed by atoms with E-state index in [2.05, 4.69) is 0 Å². The standard InChI is InChI=1S/C12H17NO2/c1-4-9-13(12(14)15-3)11-8-6-5-7-10(11)2/h5-8H,4,9H2,1-3H3. The Balaban J connectivity index is 2.98. The number of benzene rings is 1. The van der Waals surface area contributed by atoms with Crippen LogP contribution in [-0.4, -0.2) is 19.7 Å². The van der Waals surface area contributed by atoms with Gasteiger partial charge in [-0.15, -0.1) is 0 Å². The Hall–Kier alpha value is -1.51. The van der Waals surface area contributed by atoms with Gasteiger partial charge in [-0.25, -0.2) is 4.79 Å². The van der Waals surface area contributed by atoms with Crippen LogP contribution in [-0.2, 0) is 4.74 Å². The first-order valence-electron chi connectivity index (χ1n) is 5.11. The predicted octanol–water partition coefficient (Wildman–Crippen LogP) is 2.98. The van der Waals surface area contributed by atoms with Gasteiger partial charge in [0.05, 0.1) is 7.11 Å². The predicted molar refractivity (Wildman–Crippen MR) is 61.2 cm³/mol. The minimum atomic E-state index is -0.300. The molecular formula is C12H17NO2. The summed E-state index contributed by atoms with van der Waals surface area (Å²) >= 11 is 0. The molecule has 0 saturated carbocycles. The fourth-order valence-corrected chi connectivity index (χ4v) is 1.51. The zero-order chi connectivity index (χ0) is 11.3. The van der Waals surface area contributed by atoms with Gasteiger partial charge in [0.1, 0.15) is 0 Å². The fraction of sp³-hybridized carbons (Fsp3) is 0.417. The summed E-state index contributed by atoms with van der Waals surface area (Å²) in [4.78, 5) is 13.2. The second-order valence-electron chi connectivity index (χ2n) is 3.41. The normalized spacial score (nSPS) is 9.80. The van der Waals surface area contributed by atoms with Crippen molar-refractivity contribution in [3.8, 4) is 0 Å². The monoisotopic (exact) mass is 207 g/mol. The number of hydrogen-bond donors (Lipinski definition) is 0. The highest BCUT2D eigenvalue weighted by Crippen LogP contribution is 2.20. The van der Waals surface area contributed by atoms with E-state index in [-0.39, 0.29) is 6.09 Å². The number of para-hydroxylation sites is 1. The number of hydrogen-bond acceptors (Lipinski definition) is 2. The van der Waals surface area contributed by atoms with Crippen molar-refractivity contribution < 1.29 is 9.53 Å². The van der Waals surface area contributed by atoms with E-state index in [1.54, 1.807) is 4.90 Å². The quantitative estimate of drug-likeness (QED) is 0.762. The molecule has 1 aromatic carbocycles. The van der Waals surface area contributed by atoms with Gasteiger partial charge in [0, 0.05) is 12.2 Å². The minimum absolute atomic E-state index is 0.300. The molecule has 0 radical (unpaired) electrons. The summed E-state index contributed by atoms with van der Waals surface area (Å²) in [6.45, 7) is 4.70. The molecule has 15 heavy (non-hydrogen) atoms. The molecule has 0 saturated heterocycles. The molecule has 1 aromatic rings. The maximum absolute atomic E-state index is 11.6. The van der Waals surface area contributed by atoms with Crippen LogP contribution in [0.3, 0.4) is 0 Å². The van der Waals surface area contributed by atoms with Crippen LogP contribution in [0.15, 0.2) is 24.3 Å². The molecule has 0 aliphatic carbocycles. The maximum atomic E-state index is 11.6. The zero-order valence-corrected chi connectivity index (χ0v) is 9.49. The van der Waals surface area contributed by atoms with Gasteiger partial charge in [0.15, 0.2) is 0 Å². The van der Waals surface area contributed by atoms with Crippen molar-refractivity contribution in [3.63, 3.8) is 0 Å². The van der Waals surface area contributed by atoms with Gasteiger partial charge in [0.25, 0.3) is 0 Å². The molecule has 0 spiro atoms. The van der Waals surface area contributed by atoms with Crippen LogP contribution >= 0.6 is 0 Å². The Morgan fingerprint density at radius 2 is 2.07 bits per heavy atom. The second kappa shape index (κ2) is 5.39. The number of aryl methyl sites for hydroxylation is 1. The lowest BCUT2D eigenvalue weighted by Gasteiger charge is -2.22. The number of nitrogens with zero attached hydrogens (tertiary/aromatic N) is 1. The summed E-state index contributed by atoms with van der Waals surface area (Å²) in [5.41, 5.74) is 2.00. The number of ether oxygens (including phenoxy) is 1. The highest BCUT2D eigenvalue weighted by molar-refractivity contribution is 5.88. The van der Waals surface area contributed by atoms with Crippen LogP contribution in [0.4, 0.5) is 10.5 Å². The van der Waals surface area contributed by atoms with Crippen LogP contribution in [0.1, 0.15) is 18.9 Å². The van der Waals surface area contributed by atoms with Gasteiger partial charge in [-0.2, -0.15) is 0 Å². The molecule has 0 unspecified atom stereocenters. The topological polar surface area (TPSA) is 29.5 Å². The summed E-state index contributed by atoms with van der Waals surface area (Å²) in [6, 6.07) is 7.80. The SMILES string of the molecule is CCCN(C(=O)OC)c1ccccc1C. The minimum Gasteiger partial charge on any atom is -0.452 e. The molecule has 82 valence electrons. The van der Waals surface area contributed by atoms with Crippen LogP contribution < -0.4 is 4.90 Å². The van der Waals surface area contributed by atoms with Crippen molar-refractivity contribution in [1.29, 1.82) is 0 Å². The number of carbonyl (C=O) groups is 1. The van der Waals surface area contributed by atoms with E-state index < -0.39 is 0 Å². The Labute approximate surface area is 90.7 Å². The first-order valence-corrected chi connectivity index (χ1v) is 5.11. The van der Waals surface area contributed by atoms with Gasteiger partial charge in [-0.3, -0.25) is 4.90 Å². The molecule has 0 aromatic heterocycles. The van der Waals surface area contributed by atoms with E-state index >= 15 is 0 Å². The lowest BCUT2D eigenvalue weighted by molar-refractivity contribution is 0.178. The fourth-order valence-electron chi connectivity index (χ4n) is 1.51.